The molecule has 2 N–H and O–H groups in total. The Bertz CT molecular complexity index is 831. The lowest BCUT2D eigenvalue weighted by atomic mass is 10.0. The molecule has 0 aliphatic rings. The van der Waals surface area contributed by atoms with Gasteiger partial charge in [0.25, 0.3) is 5.91 Å². The first-order valence-electron chi connectivity index (χ1n) is 7.56. The molecule has 0 aliphatic carbocycles. The van der Waals surface area contributed by atoms with Crippen LogP contribution in [0.5, 0.6) is 5.75 Å². The number of pyridine rings is 1. The molecule has 0 bridgehead atoms. The van der Waals surface area contributed by atoms with Gasteiger partial charge in [-0.25, -0.2) is 0 Å². The van der Waals surface area contributed by atoms with Gasteiger partial charge in [-0.15, -0.1) is 0 Å². The van der Waals surface area contributed by atoms with Crippen LogP contribution in [0.3, 0.4) is 0 Å². The molecule has 4 nitrogen and oxygen atoms in total. The summed E-state index contributed by atoms with van der Waals surface area (Å²) in [6.45, 7) is 2.56. The molecule has 0 fully saturated rings. The second-order valence-corrected chi connectivity index (χ2v) is 5.56. The zero-order valence-electron chi connectivity index (χ0n) is 12.9. The average molecular weight is 322 g/mol. The van der Waals surface area contributed by atoms with E-state index in [1.54, 1.807) is 24.4 Å². The van der Waals surface area contributed by atoms with E-state index in [-0.39, 0.29) is 30.6 Å². The lowest BCUT2D eigenvalue weighted by Gasteiger charge is -2.14. The molecular weight excluding hydrogens is 300 g/mol. The second kappa shape index (κ2) is 7.59. The molecule has 24 heavy (non-hydrogen) atoms. The van der Waals surface area contributed by atoms with Gasteiger partial charge in [0, 0.05) is 18.1 Å². The molecule has 1 aromatic heterocycles. The van der Waals surface area contributed by atoms with Gasteiger partial charge in [0.1, 0.15) is 5.52 Å². The maximum atomic E-state index is 12.3. The standard InChI is InChI=1S/C19H18N2O2.CH4/c1-13(14-6-3-2-4-7-14)12-21-19(23)16-10-9-15-8-5-11-20-17(15)18(16)22;/h2-11,13,22H,12H2,1H3,(H,21,23);1H4. The molecule has 124 valence electrons. The highest BCUT2D eigenvalue weighted by Gasteiger charge is 2.15. The number of hydrogen-bond donors (Lipinski definition) is 2. The minimum absolute atomic E-state index is 0. The Labute approximate surface area is 142 Å². The van der Waals surface area contributed by atoms with Crippen molar-refractivity contribution in [2.45, 2.75) is 20.3 Å². The Morgan fingerprint density at radius 3 is 2.62 bits per heavy atom. The van der Waals surface area contributed by atoms with Crippen molar-refractivity contribution in [3.05, 3.63) is 71.9 Å². The number of rotatable bonds is 4. The summed E-state index contributed by atoms with van der Waals surface area (Å²) in [7, 11) is 0. The summed E-state index contributed by atoms with van der Waals surface area (Å²) in [6.07, 6.45) is 1.60. The van der Waals surface area contributed by atoms with Gasteiger partial charge in [0.2, 0.25) is 0 Å². The van der Waals surface area contributed by atoms with Crippen molar-refractivity contribution in [1.82, 2.24) is 10.3 Å². The van der Waals surface area contributed by atoms with E-state index in [0.29, 0.717) is 12.1 Å². The van der Waals surface area contributed by atoms with Crippen molar-refractivity contribution in [3.63, 3.8) is 0 Å². The highest BCUT2D eigenvalue weighted by molar-refractivity contribution is 6.02. The van der Waals surface area contributed by atoms with Crippen LogP contribution in [0.2, 0.25) is 0 Å². The van der Waals surface area contributed by atoms with Crippen molar-refractivity contribution in [3.8, 4) is 5.75 Å². The second-order valence-electron chi connectivity index (χ2n) is 5.56. The van der Waals surface area contributed by atoms with Crippen LogP contribution in [-0.4, -0.2) is 22.5 Å². The number of aromatic hydroxyl groups is 1. The summed E-state index contributed by atoms with van der Waals surface area (Å²) in [6, 6.07) is 17.1. The van der Waals surface area contributed by atoms with E-state index >= 15 is 0 Å². The molecule has 2 aromatic carbocycles. The van der Waals surface area contributed by atoms with Gasteiger partial charge < -0.3 is 10.4 Å². The van der Waals surface area contributed by atoms with Gasteiger partial charge >= 0.3 is 0 Å². The number of phenolic OH excluding ortho intramolecular Hbond substituents is 1. The Morgan fingerprint density at radius 1 is 1.12 bits per heavy atom. The fourth-order valence-corrected chi connectivity index (χ4v) is 2.55. The van der Waals surface area contributed by atoms with E-state index in [1.807, 2.05) is 36.4 Å². The summed E-state index contributed by atoms with van der Waals surface area (Å²) in [5.74, 6) is -0.174. The Morgan fingerprint density at radius 2 is 1.88 bits per heavy atom. The van der Waals surface area contributed by atoms with Crippen molar-refractivity contribution < 1.29 is 9.90 Å². The Kier molecular flexibility index (Phi) is 5.53. The number of amides is 1. The van der Waals surface area contributed by atoms with E-state index < -0.39 is 0 Å². The molecule has 1 unspecified atom stereocenters. The number of aromatic nitrogens is 1. The monoisotopic (exact) mass is 322 g/mol. The first-order chi connectivity index (χ1) is 11.2. The number of phenols is 1. The minimum atomic E-state index is -0.294. The molecule has 0 saturated carbocycles. The van der Waals surface area contributed by atoms with Crippen molar-refractivity contribution in [2.24, 2.45) is 0 Å². The lowest BCUT2D eigenvalue weighted by Crippen LogP contribution is -2.27. The van der Waals surface area contributed by atoms with Gasteiger partial charge in [0.05, 0.1) is 5.56 Å². The van der Waals surface area contributed by atoms with E-state index in [1.165, 1.54) is 0 Å². The molecule has 1 atom stereocenters. The summed E-state index contributed by atoms with van der Waals surface area (Å²) < 4.78 is 0. The third-order valence-corrected chi connectivity index (χ3v) is 3.93. The van der Waals surface area contributed by atoms with E-state index in [2.05, 4.69) is 17.2 Å². The topological polar surface area (TPSA) is 62.2 Å². The molecule has 0 aliphatic heterocycles. The molecule has 3 rings (SSSR count). The predicted octanol–water partition coefficient (Wildman–Crippen LogP) is 4.11. The fourth-order valence-electron chi connectivity index (χ4n) is 2.55. The van der Waals surface area contributed by atoms with Crippen LogP contribution in [0.4, 0.5) is 0 Å². The molecular formula is C20H22N2O2. The third-order valence-electron chi connectivity index (χ3n) is 3.93. The summed E-state index contributed by atoms with van der Waals surface area (Å²) in [5.41, 5.74) is 1.85. The zero-order chi connectivity index (χ0) is 16.2. The largest absolute Gasteiger partial charge is 0.505 e. The molecule has 3 aromatic rings. The summed E-state index contributed by atoms with van der Waals surface area (Å²) >= 11 is 0. The first-order valence-corrected chi connectivity index (χ1v) is 7.56. The number of carbonyl (C=O) groups is 1. The van der Waals surface area contributed by atoms with Crippen molar-refractivity contribution in [2.75, 3.05) is 6.54 Å². The summed E-state index contributed by atoms with van der Waals surface area (Å²) in [5, 5.41) is 14.0. The Hall–Kier alpha value is -2.88. The van der Waals surface area contributed by atoms with E-state index in [0.717, 1.165) is 10.9 Å². The quantitative estimate of drug-likeness (QED) is 0.760. The van der Waals surface area contributed by atoms with Crippen molar-refractivity contribution in [1.29, 1.82) is 0 Å². The highest BCUT2D eigenvalue weighted by Crippen LogP contribution is 2.26. The van der Waals surface area contributed by atoms with Gasteiger partial charge in [-0.2, -0.15) is 0 Å². The van der Waals surface area contributed by atoms with Crippen LogP contribution in [-0.2, 0) is 0 Å². The van der Waals surface area contributed by atoms with Crippen LogP contribution >= 0.6 is 0 Å². The van der Waals surface area contributed by atoms with Crippen LogP contribution in [0.25, 0.3) is 10.9 Å². The lowest BCUT2D eigenvalue weighted by molar-refractivity contribution is 0.0949. The number of nitrogens with zero attached hydrogens (tertiary/aromatic N) is 1. The normalized spacial score (nSPS) is 11.5. The fraction of sp³-hybridized carbons (Fsp3) is 0.200. The summed E-state index contributed by atoms with van der Waals surface area (Å²) in [4.78, 5) is 16.5. The number of benzene rings is 2. The molecule has 0 saturated heterocycles. The number of fused-ring (bicyclic) bond motifs is 1. The van der Waals surface area contributed by atoms with Crippen LogP contribution in [0.15, 0.2) is 60.8 Å². The smallest absolute Gasteiger partial charge is 0.255 e. The highest BCUT2D eigenvalue weighted by atomic mass is 16.3. The van der Waals surface area contributed by atoms with Crippen LogP contribution < -0.4 is 5.32 Å². The average Bonchev–Trinajstić information content (AvgIpc) is 2.60. The maximum absolute atomic E-state index is 12.3. The SMILES string of the molecule is C.CC(CNC(=O)c1ccc2cccnc2c1O)c1ccccc1. The minimum Gasteiger partial charge on any atom is -0.505 e. The Balaban J connectivity index is 0.00000208. The maximum Gasteiger partial charge on any atom is 0.255 e. The van der Waals surface area contributed by atoms with E-state index in [4.69, 9.17) is 0 Å². The predicted molar refractivity (Wildman–Crippen MR) is 97.3 cm³/mol. The zero-order valence-corrected chi connectivity index (χ0v) is 12.9. The number of carbonyl (C=O) groups excluding carboxylic acids is 1. The number of nitrogens with one attached hydrogen (secondary N) is 1. The molecule has 1 heterocycles. The third kappa shape index (κ3) is 3.54. The van der Waals surface area contributed by atoms with Gasteiger partial charge in [-0.1, -0.05) is 56.8 Å². The van der Waals surface area contributed by atoms with Gasteiger partial charge in [-0.05, 0) is 23.6 Å². The van der Waals surface area contributed by atoms with Crippen LogP contribution in [0.1, 0.15) is 36.2 Å². The molecule has 0 spiro atoms. The van der Waals surface area contributed by atoms with Crippen molar-refractivity contribution >= 4 is 16.8 Å². The van der Waals surface area contributed by atoms with Gasteiger partial charge in [-0.3, -0.25) is 9.78 Å². The van der Waals surface area contributed by atoms with Crippen LogP contribution in [0, 0.1) is 0 Å². The van der Waals surface area contributed by atoms with E-state index in [9.17, 15) is 9.90 Å². The molecule has 0 radical (unpaired) electrons. The molecule has 1 amide bonds. The molecule has 4 heteroatoms. The van der Waals surface area contributed by atoms with Gasteiger partial charge in [0.15, 0.2) is 5.75 Å². The first kappa shape index (κ1) is 17.5. The number of hydrogen-bond acceptors (Lipinski definition) is 3.